The smallest absolute Gasteiger partial charge is 0.510 e. The molecule has 56 heavy (non-hydrogen) atoms. The number of aromatic nitrogens is 1. The normalized spacial score (nSPS) is 10.9. The molecule has 4 N–H and O–H groups in total. The molecule has 0 aromatic carbocycles. The molecule has 316 valence electrons. The summed E-state index contributed by atoms with van der Waals surface area (Å²) < 4.78 is 15.1. The third-order valence-corrected chi connectivity index (χ3v) is 5.72. The van der Waals surface area contributed by atoms with Crippen molar-refractivity contribution in [3.8, 4) is 0 Å². The molecule has 0 radical (unpaired) electrons. The van der Waals surface area contributed by atoms with E-state index >= 15 is 0 Å². The maximum Gasteiger partial charge on any atom is 1.00 e. The monoisotopic (exact) mass is 811 g/mol. The van der Waals surface area contributed by atoms with Gasteiger partial charge in [-0.05, 0) is 114 Å². The number of carboxylic acid groups (broad SMARTS) is 1. The Morgan fingerprint density at radius 3 is 1.54 bits per heavy atom. The molecule has 19 nitrogen and oxygen atoms in total. The first-order chi connectivity index (χ1) is 24.8. The zero-order valence-electron chi connectivity index (χ0n) is 36.2. The van der Waals surface area contributed by atoms with Gasteiger partial charge in [0.1, 0.15) is 40.5 Å². The van der Waals surface area contributed by atoms with Gasteiger partial charge in [-0.15, -0.1) is 10.2 Å². The molecular formula is C36H62N5NaO14. The van der Waals surface area contributed by atoms with Crippen LogP contribution in [0.15, 0.2) is 22.0 Å². The van der Waals surface area contributed by atoms with Crippen molar-refractivity contribution in [3.63, 3.8) is 0 Å². The molecule has 0 aliphatic rings. The minimum atomic E-state index is -0.914. The Kier molecular flexibility index (Phi) is 32.7. The molecule has 1 rings (SSSR count). The second-order valence-corrected chi connectivity index (χ2v) is 14.5. The molecule has 0 aliphatic carbocycles. The molecule has 0 aliphatic heterocycles. The van der Waals surface area contributed by atoms with E-state index in [0.717, 1.165) is 31.9 Å². The molecule has 1 aromatic rings. The number of aliphatic hydroxyl groups is 1. The van der Waals surface area contributed by atoms with Gasteiger partial charge in [-0.3, -0.25) is 19.2 Å². The number of H-pyrrole nitrogens is 1. The summed E-state index contributed by atoms with van der Waals surface area (Å²) in [6.45, 7) is 30.4. The maximum atomic E-state index is 12.5. The van der Waals surface area contributed by atoms with E-state index in [9.17, 15) is 28.9 Å². The van der Waals surface area contributed by atoms with Crippen LogP contribution in [0.1, 0.15) is 135 Å². The van der Waals surface area contributed by atoms with Crippen LogP contribution in [-0.4, -0.2) is 98.6 Å². The fourth-order valence-electron chi connectivity index (χ4n) is 3.74. The first-order valence-corrected chi connectivity index (χ1v) is 17.1. The number of nitrogens with one attached hydrogen (secondary N) is 2. The first kappa shape index (κ1) is 61.0. The van der Waals surface area contributed by atoms with E-state index in [2.05, 4.69) is 34.2 Å². The average molecular weight is 812 g/mol. The largest absolute Gasteiger partial charge is 1.00 e. The van der Waals surface area contributed by atoms with Crippen LogP contribution < -0.4 is 34.9 Å². The van der Waals surface area contributed by atoms with E-state index in [4.69, 9.17) is 39.3 Å². The van der Waals surface area contributed by atoms with Gasteiger partial charge in [-0.2, -0.15) is 0 Å². The molecule has 1 aromatic heterocycles. The van der Waals surface area contributed by atoms with Gasteiger partial charge in [0.2, 0.25) is 5.70 Å². The van der Waals surface area contributed by atoms with Gasteiger partial charge in [-0.1, -0.05) is 13.8 Å². The molecule has 1 heterocycles. The first-order valence-electron chi connectivity index (χ1n) is 17.1. The number of aryl methyl sites for hydroxylation is 1. The van der Waals surface area contributed by atoms with Crippen molar-refractivity contribution in [2.24, 2.45) is 10.5 Å². The van der Waals surface area contributed by atoms with Crippen LogP contribution in [0.2, 0.25) is 0 Å². The quantitative estimate of drug-likeness (QED) is 0.0365. The number of nitroso groups, excluding NO2 is 1. The fraction of sp³-hybridized carbons (Fsp3) is 0.667. The summed E-state index contributed by atoms with van der Waals surface area (Å²) in [5.74, 6) is -3.41. The Morgan fingerprint density at radius 2 is 1.21 bits per heavy atom. The summed E-state index contributed by atoms with van der Waals surface area (Å²) in [6, 6.07) is 0. The van der Waals surface area contributed by atoms with Crippen molar-refractivity contribution >= 4 is 35.6 Å². The average Bonchev–Trinajstić information content (AvgIpc) is 3.26. The van der Waals surface area contributed by atoms with Gasteiger partial charge in [0.05, 0.1) is 5.56 Å². The van der Waals surface area contributed by atoms with Gasteiger partial charge in [0.15, 0.2) is 0 Å². The number of nitrogens with zero attached hydrogens (tertiary/aromatic N) is 3. The number of ether oxygens (including phenoxy) is 3. The van der Waals surface area contributed by atoms with Gasteiger partial charge in [0, 0.05) is 25.7 Å². The molecule has 20 heteroatoms. The van der Waals surface area contributed by atoms with Crippen molar-refractivity contribution in [1.29, 1.82) is 0 Å². The van der Waals surface area contributed by atoms with Crippen LogP contribution in [0.3, 0.4) is 0 Å². The Labute approximate surface area is 351 Å². The van der Waals surface area contributed by atoms with E-state index in [0.29, 0.717) is 29.1 Å². The summed E-state index contributed by atoms with van der Waals surface area (Å²) in [5, 5.41) is 30.6. The number of ketones is 1. The molecule has 0 fully saturated rings. The zero-order valence-corrected chi connectivity index (χ0v) is 38.2. The minimum absolute atomic E-state index is 0. The molecule has 0 atom stereocenters. The topological polar surface area (TPSA) is 284 Å². The van der Waals surface area contributed by atoms with Crippen LogP contribution in [0.25, 0.3) is 0 Å². The van der Waals surface area contributed by atoms with E-state index in [1.807, 2.05) is 20.8 Å². The van der Waals surface area contributed by atoms with Crippen LogP contribution in [0.4, 0.5) is 0 Å². The summed E-state index contributed by atoms with van der Waals surface area (Å²) in [7, 11) is 0. The number of carboxylic acids is 1. The predicted octanol–water partition coefficient (Wildman–Crippen LogP) is 3.20. The number of aliphatic carboxylic acids is 1. The molecule has 0 unspecified atom stereocenters. The molecule has 0 saturated carbocycles. The van der Waals surface area contributed by atoms with Crippen molar-refractivity contribution < 1.29 is 82.7 Å². The number of carbonyl (C=O) groups excluding carboxylic acids is 5. The van der Waals surface area contributed by atoms with Gasteiger partial charge in [0.25, 0.3) is 11.9 Å². The number of aliphatic hydroxyl groups excluding tert-OH is 1. The summed E-state index contributed by atoms with van der Waals surface area (Å²) in [4.78, 5) is 89.4. The second-order valence-electron chi connectivity index (χ2n) is 14.5. The minimum Gasteiger partial charge on any atom is -0.510 e. The zero-order chi connectivity index (χ0) is 44.5. The summed E-state index contributed by atoms with van der Waals surface area (Å²) in [6.07, 6.45) is -0.128. The molecule has 0 bridgehead atoms. The van der Waals surface area contributed by atoms with E-state index in [1.165, 1.54) is 13.8 Å². The summed E-state index contributed by atoms with van der Waals surface area (Å²) >= 11 is 0. The number of rotatable bonds is 11. The van der Waals surface area contributed by atoms with Crippen molar-refractivity contribution in [2.45, 2.75) is 134 Å². The number of likely N-dealkylation sites (N-methyl/N-ethyl adjacent to an activating group) is 1. The van der Waals surface area contributed by atoms with E-state index < -0.39 is 52.1 Å². The third kappa shape index (κ3) is 34.3. The molecular weight excluding hydrogens is 749 g/mol. The number of carbonyl (C=O) groups is 6. The maximum absolute atomic E-state index is 12.5. The molecule has 0 saturated heterocycles. The SMILES string of the molecule is CC(=O)CC(=O)OC(C)(C)C.CC(=O)O.CC(O)=C(N=O)C(=O)OC(C)(C)C.CCN(CC)CCNC(=O)c1c(C)[nH]c(C(=O)OC(C)(C)C)c1C.O=N[O-].[Na+]. The Bertz CT molecular complexity index is 1440. The van der Waals surface area contributed by atoms with Crippen LogP contribution >= 0.6 is 0 Å². The van der Waals surface area contributed by atoms with Gasteiger partial charge in [-0.25, -0.2) is 9.59 Å². The number of allylic oxidation sites excluding steroid dienone is 1. The van der Waals surface area contributed by atoms with Gasteiger partial charge >= 0.3 is 47.5 Å². The number of aromatic amines is 1. The van der Waals surface area contributed by atoms with Crippen LogP contribution in [0.5, 0.6) is 0 Å². The van der Waals surface area contributed by atoms with E-state index in [1.54, 1.807) is 55.4 Å². The number of hydrogen-bond donors (Lipinski definition) is 4. The number of hydrogen-bond acceptors (Lipinski definition) is 16. The molecule has 0 spiro atoms. The Hall–Kier alpha value is -4.20. The van der Waals surface area contributed by atoms with E-state index in [-0.39, 0.29) is 47.7 Å². The van der Waals surface area contributed by atoms with Gasteiger partial charge < -0.3 is 49.7 Å². The summed E-state index contributed by atoms with van der Waals surface area (Å²) in [5.41, 5.74) is -0.193. The van der Waals surface area contributed by atoms with Crippen LogP contribution in [-0.2, 0) is 33.4 Å². The third-order valence-electron chi connectivity index (χ3n) is 5.72. The van der Waals surface area contributed by atoms with Crippen molar-refractivity contribution in [3.05, 3.63) is 49.0 Å². The van der Waals surface area contributed by atoms with Crippen LogP contribution in [0, 0.1) is 28.9 Å². The molecule has 1 amide bonds. The number of Topliss-reactive ketones (excluding diaryl/α,β-unsaturated/α-hetero) is 1. The number of esters is 3. The predicted molar refractivity (Wildman–Crippen MR) is 206 cm³/mol. The Balaban J connectivity index is -0.000000229. The number of amides is 1. The van der Waals surface area contributed by atoms with Crippen molar-refractivity contribution in [2.75, 3.05) is 26.2 Å². The fourth-order valence-corrected chi connectivity index (χ4v) is 3.74. The van der Waals surface area contributed by atoms with Crippen molar-refractivity contribution in [1.82, 2.24) is 15.2 Å². The standard InChI is InChI=1S/C18H31N3O3.C8H13NO4.C8H14O3.C2H4O2.HNO2.Na/c1-8-21(9-2)11-10-19-16(22)14-12(3)15(20-13(14)4)17(23)24-18(5,6)7;1-5(10)6(9-12)7(11)13-8(2,3)4;1-6(9)5-7(10)11-8(2,3)4;1-2(3)4;2-1-3;/h20H,8-11H2,1-7H3,(H,19,22);10H,1-4H3;5H2,1-4H3;1H3,(H,3,4);(H,2,3);/q;;;;;+1/p-1. The Morgan fingerprint density at radius 1 is 0.804 bits per heavy atom. The second kappa shape index (κ2) is 30.0.